The molecule has 0 spiro atoms. The topological polar surface area (TPSA) is 68.5 Å². The Hall–Kier alpha value is -2.99. The monoisotopic (exact) mass is 543 g/mol. The number of aromatic carboxylic acids is 1. The van der Waals surface area contributed by atoms with Crippen LogP contribution in [0.5, 0.6) is 0 Å². The number of hydrogen-bond acceptors (Lipinski definition) is 3. The summed E-state index contributed by atoms with van der Waals surface area (Å²) in [5, 5.41) is 11.9. The van der Waals surface area contributed by atoms with Gasteiger partial charge < -0.3 is 14.4 Å². The van der Waals surface area contributed by atoms with Crippen molar-refractivity contribution in [2.24, 2.45) is 0 Å². The number of carbonyl (C=O) groups is 2. The lowest BCUT2D eigenvalue weighted by Crippen LogP contribution is -2.23. The maximum absolute atomic E-state index is 12.3. The lowest BCUT2D eigenvalue weighted by Gasteiger charge is -2.19. The van der Waals surface area contributed by atoms with Crippen LogP contribution in [0.1, 0.15) is 58.3 Å². The van der Waals surface area contributed by atoms with E-state index in [0.717, 1.165) is 16.7 Å². The van der Waals surface area contributed by atoms with Crippen LogP contribution in [0.15, 0.2) is 60.7 Å². The highest BCUT2D eigenvalue weighted by Gasteiger charge is 2.20. The normalized spacial score (nSPS) is 11.6. The number of hydrogen-bond donors (Lipinski definition) is 1. The number of esters is 1. The molecule has 0 bridgehead atoms. The number of aromatic nitrogens is 1. The second-order valence-corrected chi connectivity index (χ2v) is 10.8. The summed E-state index contributed by atoms with van der Waals surface area (Å²) >= 11 is 18.8. The average molecular weight is 545 g/mol. The van der Waals surface area contributed by atoms with Gasteiger partial charge in [0.05, 0.1) is 26.1 Å². The van der Waals surface area contributed by atoms with E-state index in [0.29, 0.717) is 38.0 Å². The Morgan fingerprint density at radius 2 is 1.47 bits per heavy atom. The predicted molar refractivity (Wildman–Crippen MR) is 144 cm³/mol. The van der Waals surface area contributed by atoms with Gasteiger partial charge in [0.2, 0.25) is 0 Å². The Kier molecular flexibility index (Phi) is 7.37. The van der Waals surface area contributed by atoms with Crippen LogP contribution in [0.2, 0.25) is 15.1 Å². The van der Waals surface area contributed by atoms with E-state index in [9.17, 15) is 14.7 Å². The largest absolute Gasteiger partial charge is 0.477 e. The van der Waals surface area contributed by atoms with Gasteiger partial charge in [0, 0.05) is 11.9 Å². The number of carbonyl (C=O) groups excluding carboxylic acids is 1. The van der Waals surface area contributed by atoms with Gasteiger partial charge in [0.25, 0.3) is 0 Å². The van der Waals surface area contributed by atoms with E-state index in [2.05, 4.69) is 0 Å². The van der Waals surface area contributed by atoms with Gasteiger partial charge in [0.1, 0.15) is 11.3 Å². The van der Waals surface area contributed by atoms with Crippen LogP contribution in [0.25, 0.3) is 10.9 Å². The maximum Gasteiger partial charge on any atom is 0.352 e. The van der Waals surface area contributed by atoms with Crippen molar-refractivity contribution in [3.63, 3.8) is 0 Å². The summed E-state index contributed by atoms with van der Waals surface area (Å²) in [4.78, 5) is 24.4. The molecule has 186 valence electrons. The molecular weight excluding hydrogens is 521 g/mol. The number of carboxylic acids is 1. The van der Waals surface area contributed by atoms with Crippen LogP contribution < -0.4 is 0 Å². The van der Waals surface area contributed by atoms with Gasteiger partial charge in [-0.2, -0.15) is 0 Å². The quantitative estimate of drug-likeness (QED) is 0.251. The molecule has 0 aliphatic heterocycles. The van der Waals surface area contributed by atoms with E-state index >= 15 is 0 Å². The van der Waals surface area contributed by atoms with Crippen molar-refractivity contribution < 1.29 is 19.4 Å². The molecule has 0 fully saturated rings. The first kappa shape index (κ1) is 26.1. The molecular formula is C28H24Cl3NO4. The van der Waals surface area contributed by atoms with Crippen molar-refractivity contribution in [3.05, 3.63) is 104 Å². The molecule has 1 aromatic heterocycles. The first-order valence-electron chi connectivity index (χ1n) is 11.2. The second kappa shape index (κ2) is 10.2. The highest BCUT2D eigenvalue weighted by Crippen LogP contribution is 2.31. The Morgan fingerprint density at radius 3 is 2.08 bits per heavy atom. The smallest absolute Gasteiger partial charge is 0.352 e. The van der Waals surface area contributed by atoms with Crippen molar-refractivity contribution in [1.82, 2.24) is 4.57 Å². The molecule has 8 heteroatoms. The van der Waals surface area contributed by atoms with Crippen molar-refractivity contribution in [2.45, 2.75) is 39.3 Å². The lowest BCUT2D eigenvalue weighted by molar-refractivity contribution is 0.00693. The van der Waals surface area contributed by atoms with Crippen LogP contribution in [0.4, 0.5) is 0 Å². The Bertz CT molecular complexity index is 1470. The molecule has 36 heavy (non-hydrogen) atoms. The van der Waals surface area contributed by atoms with Crippen LogP contribution in [0, 0.1) is 0 Å². The first-order valence-corrected chi connectivity index (χ1v) is 12.4. The molecule has 5 nitrogen and oxygen atoms in total. The molecule has 0 unspecified atom stereocenters. The van der Waals surface area contributed by atoms with Gasteiger partial charge >= 0.3 is 11.9 Å². The fourth-order valence-electron chi connectivity index (χ4n) is 3.97. The fraction of sp³-hybridized carbons (Fsp3) is 0.214. The molecule has 1 N–H and O–H groups in total. The van der Waals surface area contributed by atoms with Crippen LogP contribution in [-0.2, 0) is 17.7 Å². The first-order chi connectivity index (χ1) is 16.9. The summed E-state index contributed by atoms with van der Waals surface area (Å²) in [6, 6.07) is 17.7. The summed E-state index contributed by atoms with van der Waals surface area (Å²) in [6.45, 7) is 5.71. The summed E-state index contributed by atoms with van der Waals surface area (Å²) in [6.07, 6.45) is 0.546. The minimum Gasteiger partial charge on any atom is -0.477 e. The van der Waals surface area contributed by atoms with Gasteiger partial charge in [-0.3, -0.25) is 0 Å². The zero-order valence-electron chi connectivity index (χ0n) is 19.9. The molecule has 0 saturated carbocycles. The third-order valence-corrected chi connectivity index (χ3v) is 6.62. The van der Waals surface area contributed by atoms with Crippen molar-refractivity contribution in [1.29, 1.82) is 0 Å². The molecule has 4 aromatic rings. The number of ether oxygens (including phenoxy) is 1. The third-order valence-electron chi connectivity index (χ3n) is 5.57. The van der Waals surface area contributed by atoms with Gasteiger partial charge in [-0.05, 0) is 86.3 Å². The Balaban J connectivity index is 1.69. The standard InChI is InChI=1S/C28H24Cl3NO4/c1-28(2,3)36-27(35)19-7-4-16(5-8-19)15-32-24-13-18(10-17-6-9-21(29)23(31)11-17)12-22(30)20(24)14-25(32)26(33)34/h4-9,11-14H,10,15H2,1-3H3,(H,33,34). The van der Waals surface area contributed by atoms with Crippen LogP contribution in [0.3, 0.4) is 0 Å². The minimum absolute atomic E-state index is 0.120. The molecule has 4 rings (SSSR count). The van der Waals surface area contributed by atoms with Crippen molar-refractivity contribution in [2.75, 3.05) is 0 Å². The summed E-state index contributed by atoms with van der Waals surface area (Å²) in [5.41, 5.74) is 3.34. The highest BCUT2D eigenvalue weighted by molar-refractivity contribution is 6.42. The van der Waals surface area contributed by atoms with E-state index in [1.54, 1.807) is 47.0 Å². The van der Waals surface area contributed by atoms with Crippen molar-refractivity contribution >= 4 is 57.6 Å². The number of carboxylic acid groups (broad SMARTS) is 1. The van der Waals surface area contributed by atoms with E-state index in [-0.39, 0.29) is 12.2 Å². The number of benzene rings is 3. The number of nitrogens with zero attached hydrogens (tertiary/aromatic N) is 1. The highest BCUT2D eigenvalue weighted by atomic mass is 35.5. The molecule has 3 aromatic carbocycles. The minimum atomic E-state index is -1.06. The maximum atomic E-state index is 12.3. The molecule has 0 amide bonds. The number of fused-ring (bicyclic) bond motifs is 1. The average Bonchev–Trinajstić information content (AvgIpc) is 3.15. The van der Waals surface area contributed by atoms with E-state index in [1.807, 2.05) is 39.0 Å². The van der Waals surface area contributed by atoms with Gasteiger partial charge in [0.15, 0.2) is 0 Å². The summed E-state index contributed by atoms with van der Waals surface area (Å²) < 4.78 is 7.13. The molecule has 0 aliphatic rings. The number of rotatable bonds is 6. The third kappa shape index (κ3) is 5.86. The number of halogens is 3. The van der Waals surface area contributed by atoms with Crippen molar-refractivity contribution in [3.8, 4) is 0 Å². The second-order valence-electron chi connectivity index (χ2n) is 9.56. The summed E-state index contributed by atoms with van der Waals surface area (Å²) in [5.74, 6) is -1.47. The zero-order valence-corrected chi connectivity index (χ0v) is 22.2. The Morgan fingerprint density at radius 1 is 0.833 bits per heavy atom. The molecule has 1 heterocycles. The SMILES string of the molecule is CC(C)(C)OC(=O)c1ccc(Cn2c(C(=O)O)cc3c(Cl)cc(Cc4ccc(Cl)c(Cl)c4)cc32)cc1. The predicted octanol–water partition coefficient (Wildman–Crippen LogP) is 7.89. The fourth-order valence-corrected chi connectivity index (χ4v) is 4.58. The van der Waals surface area contributed by atoms with E-state index in [1.165, 1.54) is 0 Å². The zero-order chi connectivity index (χ0) is 26.2. The lowest BCUT2D eigenvalue weighted by atomic mass is 10.0. The van der Waals surface area contributed by atoms with Gasteiger partial charge in [-0.1, -0.05) is 53.0 Å². The molecule has 0 atom stereocenters. The Labute approximate surface area is 224 Å². The van der Waals surface area contributed by atoms with Crippen LogP contribution >= 0.6 is 34.8 Å². The van der Waals surface area contributed by atoms with E-state index in [4.69, 9.17) is 39.5 Å². The van der Waals surface area contributed by atoms with Gasteiger partial charge in [-0.25, -0.2) is 9.59 Å². The molecule has 0 saturated heterocycles. The van der Waals surface area contributed by atoms with Gasteiger partial charge in [-0.15, -0.1) is 0 Å². The summed E-state index contributed by atoms with van der Waals surface area (Å²) in [7, 11) is 0. The van der Waals surface area contributed by atoms with E-state index < -0.39 is 17.5 Å². The molecule has 0 aliphatic carbocycles. The van der Waals surface area contributed by atoms with Crippen LogP contribution in [-0.4, -0.2) is 27.2 Å². The molecule has 0 radical (unpaired) electrons.